The fourth-order valence-corrected chi connectivity index (χ4v) is 4.12. The monoisotopic (exact) mass is 449 g/mol. The van der Waals surface area contributed by atoms with E-state index in [2.05, 4.69) is 22.0 Å². The third-order valence-corrected chi connectivity index (χ3v) is 6.01. The highest BCUT2D eigenvalue weighted by atomic mass is 35.5. The number of hydrogen-bond donors (Lipinski definition) is 1. The highest BCUT2D eigenvalue weighted by Crippen LogP contribution is 2.30. The molecule has 32 heavy (non-hydrogen) atoms. The van der Waals surface area contributed by atoms with Crippen molar-refractivity contribution >= 4 is 28.9 Å². The van der Waals surface area contributed by atoms with Crippen molar-refractivity contribution < 1.29 is 9.53 Å². The Bertz CT molecular complexity index is 1050. The molecule has 0 aliphatic carbocycles. The molecule has 1 aliphatic heterocycles. The van der Waals surface area contributed by atoms with Gasteiger partial charge in [-0.1, -0.05) is 54.9 Å². The minimum absolute atomic E-state index is 0.199. The zero-order chi connectivity index (χ0) is 22.3. The summed E-state index contributed by atoms with van der Waals surface area (Å²) >= 11 is 6.56. The van der Waals surface area contributed by atoms with Crippen LogP contribution in [-0.2, 0) is 6.61 Å². The van der Waals surface area contributed by atoms with Crippen LogP contribution in [0.5, 0.6) is 5.75 Å². The molecule has 5 nitrogen and oxygen atoms in total. The summed E-state index contributed by atoms with van der Waals surface area (Å²) < 4.78 is 5.84. The molecule has 6 heteroatoms. The fourth-order valence-electron chi connectivity index (χ4n) is 3.82. The van der Waals surface area contributed by atoms with Gasteiger partial charge in [0, 0.05) is 37.4 Å². The number of ether oxygens (including phenoxy) is 1. The first-order valence-corrected chi connectivity index (χ1v) is 11.3. The molecular formula is C26H28ClN3O2. The molecule has 0 radical (unpaired) electrons. The minimum atomic E-state index is -0.199. The van der Waals surface area contributed by atoms with Crippen molar-refractivity contribution in [1.82, 2.24) is 4.90 Å². The van der Waals surface area contributed by atoms with Gasteiger partial charge < -0.3 is 19.9 Å². The number of rotatable bonds is 7. The summed E-state index contributed by atoms with van der Waals surface area (Å²) in [5.74, 6) is 0.455. The molecule has 1 saturated heterocycles. The summed E-state index contributed by atoms with van der Waals surface area (Å²) in [6.07, 6.45) is 0. The SMILES string of the molecule is CCN1CCN(c2ccc(NC(=O)c3cccc(OCc4ccccc4)c3)cc2Cl)CC1. The van der Waals surface area contributed by atoms with Crippen LogP contribution in [0.3, 0.4) is 0 Å². The van der Waals surface area contributed by atoms with E-state index >= 15 is 0 Å². The highest BCUT2D eigenvalue weighted by Gasteiger charge is 2.18. The zero-order valence-electron chi connectivity index (χ0n) is 18.3. The maximum Gasteiger partial charge on any atom is 0.255 e. The molecule has 3 aromatic rings. The first-order valence-electron chi connectivity index (χ1n) is 11.0. The molecule has 0 saturated carbocycles. The molecule has 1 fully saturated rings. The fraction of sp³-hybridized carbons (Fsp3) is 0.269. The molecule has 1 heterocycles. The number of piperazine rings is 1. The van der Waals surface area contributed by atoms with Gasteiger partial charge in [-0.05, 0) is 48.5 Å². The van der Waals surface area contributed by atoms with Crippen molar-refractivity contribution in [3.63, 3.8) is 0 Å². The molecule has 1 N–H and O–H groups in total. The molecular weight excluding hydrogens is 422 g/mol. The molecule has 166 valence electrons. The van der Waals surface area contributed by atoms with E-state index in [4.69, 9.17) is 16.3 Å². The van der Waals surface area contributed by atoms with E-state index in [0.717, 1.165) is 44.0 Å². The molecule has 3 aromatic carbocycles. The predicted molar refractivity (Wildman–Crippen MR) is 131 cm³/mol. The van der Waals surface area contributed by atoms with E-state index in [1.165, 1.54) is 0 Å². The van der Waals surface area contributed by atoms with Crippen molar-refractivity contribution in [3.05, 3.63) is 88.9 Å². The van der Waals surface area contributed by atoms with Crippen molar-refractivity contribution in [2.75, 3.05) is 42.9 Å². The number of anilines is 2. The Labute approximate surface area is 194 Å². The summed E-state index contributed by atoms with van der Waals surface area (Å²) in [6.45, 7) is 7.69. The maximum atomic E-state index is 12.8. The normalized spacial score (nSPS) is 14.2. The van der Waals surface area contributed by atoms with E-state index in [1.54, 1.807) is 12.1 Å². The summed E-state index contributed by atoms with van der Waals surface area (Å²) in [7, 11) is 0. The van der Waals surface area contributed by atoms with Crippen LogP contribution in [0, 0.1) is 0 Å². The van der Waals surface area contributed by atoms with E-state index in [-0.39, 0.29) is 5.91 Å². The summed E-state index contributed by atoms with van der Waals surface area (Å²) in [4.78, 5) is 17.5. The number of halogens is 1. The molecule has 0 atom stereocenters. The van der Waals surface area contributed by atoms with Gasteiger partial charge in [-0.15, -0.1) is 0 Å². The largest absolute Gasteiger partial charge is 0.489 e. The van der Waals surface area contributed by atoms with E-state index in [0.29, 0.717) is 28.6 Å². The summed E-state index contributed by atoms with van der Waals surface area (Å²) in [6, 6.07) is 22.8. The summed E-state index contributed by atoms with van der Waals surface area (Å²) in [5, 5.41) is 3.59. The van der Waals surface area contributed by atoms with Crippen LogP contribution >= 0.6 is 11.6 Å². The highest BCUT2D eigenvalue weighted by molar-refractivity contribution is 6.33. The first-order chi connectivity index (χ1) is 15.6. The molecule has 0 aromatic heterocycles. The van der Waals surface area contributed by atoms with E-state index in [9.17, 15) is 4.79 Å². The molecule has 0 spiro atoms. The Morgan fingerprint density at radius 1 is 0.969 bits per heavy atom. The van der Waals surface area contributed by atoms with Crippen LogP contribution in [0.2, 0.25) is 5.02 Å². The quantitative estimate of drug-likeness (QED) is 0.530. The number of amides is 1. The molecule has 4 rings (SSSR count). The molecule has 0 bridgehead atoms. The van der Waals surface area contributed by atoms with Crippen LogP contribution in [0.1, 0.15) is 22.8 Å². The van der Waals surface area contributed by atoms with Gasteiger partial charge >= 0.3 is 0 Å². The number of carbonyl (C=O) groups is 1. The van der Waals surface area contributed by atoms with Crippen molar-refractivity contribution in [2.45, 2.75) is 13.5 Å². The number of nitrogens with zero attached hydrogens (tertiary/aromatic N) is 2. The number of likely N-dealkylation sites (N-methyl/N-ethyl adjacent to an activating group) is 1. The average molecular weight is 450 g/mol. The van der Waals surface area contributed by atoms with Crippen LogP contribution in [0.25, 0.3) is 0 Å². The Balaban J connectivity index is 1.38. The lowest BCUT2D eigenvalue weighted by Crippen LogP contribution is -2.46. The average Bonchev–Trinajstić information content (AvgIpc) is 2.84. The Morgan fingerprint density at radius 3 is 2.47 bits per heavy atom. The lowest BCUT2D eigenvalue weighted by Gasteiger charge is -2.36. The lowest BCUT2D eigenvalue weighted by molar-refractivity contribution is 0.102. The number of nitrogens with one attached hydrogen (secondary N) is 1. The van der Waals surface area contributed by atoms with Crippen LogP contribution in [-0.4, -0.2) is 43.5 Å². The third-order valence-electron chi connectivity index (χ3n) is 5.71. The van der Waals surface area contributed by atoms with Gasteiger partial charge in [-0.2, -0.15) is 0 Å². The van der Waals surface area contributed by atoms with Gasteiger partial charge in [0.2, 0.25) is 0 Å². The van der Waals surface area contributed by atoms with Gasteiger partial charge in [-0.25, -0.2) is 0 Å². The summed E-state index contributed by atoms with van der Waals surface area (Å²) in [5.41, 5.74) is 3.29. The number of benzene rings is 3. The van der Waals surface area contributed by atoms with Gasteiger partial charge in [-0.3, -0.25) is 4.79 Å². The van der Waals surface area contributed by atoms with Crippen LogP contribution in [0.4, 0.5) is 11.4 Å². The van der Waals surface area contributed by atoms with Gasteiger partial charge in [0.1, 0.15) is 12.4 Å². The van der Waals surface area contributed by atoms with Crippen LogP contribution in [0.15, 0.2) is 72.8 Å². The van der Waals surface area contributed by atoms with Gasteiger partial charge in [0.15, 0.2) is 0 Å². The van der Waals surface area contributed by atoms with Crippen LogP contribution < -0.4 is 15.0 Å². The molecule has 1 amide bonds. The Kier molecular flexibility index (Phi) is 7.30. The number of carbonyl (C=O) groups excluding carboxylic acids is 1. The molecule has 0 unspecified atom stereocenters. The Morgan fingerprint density at radius 2 is 1.75 bits per heavy atom. The number of hydrogen-bond acceptors (Lipinski definition) is 4. The topological polar surface area (TPSA) is 44.8 Å². The second-order valence-electron chi connectivity index (χ2n) is 7.84. The maximum absolute atomic E-state index is 12.8. The van der Waals surface area contributed by atoms with E-state index < -0.39 is 0 Å². The zero-order valence-corrected chi connectivity index (χ0v) is 19.0. The molecule has 1 aliphatic rings. The second-order valence-corrected chi connectivity index (χ2v) is 8.25. The predicted octanol–water partition coefficient (Wildman–Crippen LogP) is 5.31. The van der Waals surface area contributed by atoms with Gasteiger partial charge in [0.25, 0.3) is 5.91 Å². The Hall–Kier alpha value is -3.02. The standard InChI is InChI=1S/C26H28ClN3O2/c1-2-29-13-15-30(16-14-29)25-12-11-22(18-24(25)27)28-26(31)21-9-6-10-23(17-21)32-19-20-7-4-3-5-8-20/h3-12,17-18H,2,13-16,19H2,1H3,(H,28,31). The first kappa shape index (κ1) is 22.2. The lowest BCUT2D eigenvalue weighted by atomic mass is 10.2. The van der Waals surface area contributed by atoms with E-state index in [1.807, 2.05) is 60.7 Å². The van der Waals surface area contributed by atoms with Crippen molar-refractivity contribution in [2.24, 2.45) is 0 Å². The van der Waals surface area contributed by atoms with Gasteiger partial charge in [0.05, 0.1) is 10.7 Å². The minimum Gasteiger partial charge on any atom is -0.489 e. The van der Waals surface area contributed by atoms with Crippen molar-refractivity contribution in [3.8, 4) is 5.75 Å². The van der Waals surface area contributed by atoms with Crippen molar-refractivity contribution in [1.29, 1.82) is 0 Å². The smallest absolute Gasteiger partial charge is 0.255 e. The second kappa shape index (κ2) is 10.5. The third kappa shape index (κ3) is 5.61.